The Labute approximate surface area is 173 Å². The van der Waals surface area contributed by atoms with E-state index in [1.165, 1.54) is 50.6 Å². The molecule has 0 amide bonds. The fourth-order valence-corrected chi connectivity index (χ4v) is 4.16. The molecule has 0 saturated heterocycles. The van der Waals surface area contributed by atoms with Gasteiger partial charge in [0.05, 0.1) is 48.9 Å². The van der Waals surface area contributed by atoms with Crippen molar-refractivity contribution >= 4 is 27.4 Å². The van der Waals surface area contributed by atoms with Crippen molar-refractivity contribution in [3.8, 4) is 11.5 Å². The second kappa shape index (κ2) is 9.27. The summed E-state index contributed by atoms with van der Waals surface area (Å²) in [6.07, 6.45) is 1.31. The first-order chi connectivity index (χ1) is 14.2. The number of anilines is 1. The molecule has 0 aliphatic carbocycles. The molecule has 0 unspecified atom stereocenters. The zero-order chi connectivity index (χ0) is 22.5. The Morgan fingerprint density at radius 1 is 1.17 bits per heavy atom. The predicted molar refractivity (Wildman–Crippen MR) is 109 cm³/mol. The number of esters is 1. The Morgan fingerprint density at radius 2 is 1.80 bits per heavy atom. The third kappa shape index (κ3) is 4.35. The van der Waals surface area contributed by atoms with Crippen molar-refractivity contribution in [2.45, 2.75) is 4.90 Å². The van der Waals surface area contributed by atoms with E-state index in [0.717, 1.165) is 17.5 Å². The third-order valence-corrected chi connectivity index (χ3v) is 5.86. The van der Waals surface area contributed by atoms with Gasteiger partial charge >= 0.3 is 5.97 Å². The predicted octanol–water partition coefficient (Wildman–Crippen LogP) is 2.78. The maximum Gasteiger partial charge on any atom is 0.340 e. The summed E-state index contributed by atoms with van der Waals surface area (Å²) in [6, 6.07) is 7.18. The molecule has 0 aromatic heterocycles. The van der Waals surface area contributed by atoms with Crippen molar-refractivity contribution < 1.29 is 32.3 Å². The topological polar surface area (TPSA) is 125 Å². The Hall–Kier alpha value is -3.60. The number of ether oxygens (including phenoxy) is 3. The summed E-state index contributed by atoms with van der Waals surface area (Å²) < 4.78 is 42.8. The normalized spacial score (nSPS) is 10.8. The van der Waals surface area contributed by atoms with Crippen LogP contribution >= 0.6 is 0 Å². The molecule has 0 heterocycles. The van der Waals surface area contributed by atoms with Gasteiger partial charge in [-0.2, -0.15) is 0 Å². The average Bonchev–Trinajstić information content (AvgIpc) is 2.75. The van der Waals surface area contributed by atoms with Gasteiger partial charge in [-0.25, -0.2) is 13.2 Å². The third-order valence-electron chi connectivity index (χ3n) is 4.09. The van der Waals surface area contributed by atoms with Crippen molar-refractivity contribution in [1.82, 2.24) is 0 Å². The fourth-order valence-electron chi connectivity index (χ4n) is 2.68. The van der Waals surface area contributed by atoms with Crippen molar-refractivity contribution in [2.24, 2.45) is 0 Å². The zero-order valence-electron chi connectivity index (χ0n) is 16.5. The quantitative estimate of drug-likeness (QED) is 0.254. The minimum Gasteiger partial charge on any atom is -0.493 e. The Morgan fingerprint density at radius 3 is 2.33 bits per heavy atom. The summed E-state index contributed by atoms with van der Waals surface area (Å²) in [5, 5.41) is 11.1. The van der Waals surface area contributed by atoms with Gasteiger partial charge in [0, 0.05) is 24.3 Å². The summed E-state index contributed by atoms with van der Waals surface area (Å²) in [7, 11) is -0.464. The molecule has 0 atom stereocenters. The number of benzene rings is 2. The van der Waals surface area contributed by atoms with Gasteiger partial charge in [0.1, 0.15) is 0 Å². The lowest BCUT2D eigenvalue weighted by atomic mass is 10.1. The van der Waals surface area contributed by atoms with Crippen molar-refractivity contribution in [2.75, 3.05) is 32.2 Å². The minimum atomic E-state index is -4.33. The van der Waals surface area contributed by atoms with Crippen molar-refractivity contribution in [3.05, 3.63) is 64.7 Å². The number of carbonyl (C=O) groups is 1. The van der Waals surface area contributed by atoms with Gasteiger partial charge in [-0.05, 0) is 6.07 Å². The van der Waals surface area contributed by atoms with Crippen LogP contribution in [0.25, 0.3) is 0 Å². The standard InChI is InChI=1S/C19H20N2O8S/c1-5-9-20(30(25,26)14-8-6-7-13(10-14)21(23)24)16-12-18(28-3)17(27-2)11-15(16)19(22)29-4/h5-8,10-12H,1,9H2,2-4H3. The van der Waals surface area contributed by atoms with Gasteiger partial charge in [0.25, 0.3) is 15.7 Å². The van der Waals surface area contributed by atoms with E-state index in [2.05, 4.69) is 6.58 Å². The van der Waals surface area contributed by atoms with E-state index in [1.54, 1.807) is 0 Å². The number of non-ortho nitro benzene ring substituents is 1. The van der Waals surface area contributed by atoms with E-state index in [0.29, 0.717) is 0 Å². The highest BCUT2D eigenvalue weighted by Gasteiger charge is 2.30. The van der Waals surface area contributed by atoms with Crippen LogP contribution in [0.2, 0.25) is 0 Å². The van der Waals surface area contributed by atoms with Gasteiger partial charge in [-0.15, -0.1) is 6.58 Å². The highest BCUT2D eigenvalue weighted by atomic mass is 32.2. The van der Waals surface area contributed by atoms with Crippen LogP contribution in [0.4, 0.5) is 11.4 Å². The monoisotopic (exact) mass is 436 g/mol. The molecule has 0 N–H and O–H groups in total. The van der Waals surface area contributed by atoms with Crippen molar-refractivity contribution in [1.29, 1.82) is 0 Å². The number of methoxy groups -OCH3 is 3. The molecule has 0 saturated carbocycles. The van der Waals surface area contributed by atoms with Crippen LogP contribution in [0.1, 0.15) is 10.4 Å². The molecule has 2 aromatic rings. The maximum atomic E-state index is 13.3. The van der Waals surface area contributed by atoms with Crippen LogP contribution in [-0.4, -0.2) is 47.2 Å². The molecule has 0 aliphatic heterocycles. The summed E-state index contributed by atoms with van der Waals surface area (Å²) in [6.45, 7) is 3.33. The molecule has 160 valence electrons. The smallest absolute Gasteiger partial charge is 0.340 e. The highest BCUT2D eigenvalue weighted by Crippen LogP contribution is 2.38. The number of nitro groups is 1. The summed E-state index contributed by atoms with van der Waals surface area (Å²) >= 11 is 0. The molecule has 0 aliphatic rings. The van der Waals surface area contributed by atoms with Crippen LogP contribution in [0.15, 0.2) is 53.9 Å². The first kappa shape index (κ1) is 22.7. The Bertz CT molecular complexity index is 1080. The number of nitro benzene ring substituents is 1. The number of hydrogen-bond donors (Lipinski definition) is 0. The maximum absolute atomic E-state index is 13.3. The van der Waals surface area contributed by atoms with Crippen LogP contribution in [0.5, 0.6) is 11.5 Å². The number of sulfonamides is 1. The number of hydrogen-bond acceptors (Lipinski definition) is 8. The lowest BCUT2D eigenvalue weighted by Gasteiger charge is -2.26. The van der Waals surface area contributed by atoms with Gasteiger partial charge in [0.2, 0.25) is 0 Å². The molecule has 0 radical (unpaired) electrons. The lowest BCUT2D eigenvalue weighted by Crippen LogP contribution is -2.32. The van der Waals surface area contributed by atoms with Gasteiger partial charge < -0.3 is 14.2 Å². The molecule has 30 heavy (non-hydrogen) atoms. The number of rotatable bonds is 9. The van der Waals surface area contributed by atoms with E-state index in [9.17, 15) is 23.3 Å². The largest absolute Gasteiger partial charge is 0.493 e. The van der Waals surface area contributed by atoms with Gasteiger partial charge in [0.15, 0.2) is 11.5 Å². The van der Waals surface area contributed by atoms with Crippen LogP contribution in [0, 0.1) is 10.1 Å². The van der Waals surface area contributed by atoms with E-state index in [4.69, 9.17) is 14.2 Å². The number of carbonyl (C=O) groups excluding carboxylic acids is 1. The SMILES string of the molecule is C=CCN(c1cc(OC)c(OC)cc1C(=O)OC)S(=O)(=O)c1cccc([N+](=O)[O-])c1. The van der Waals surface area contributed by atoms with Gasteiger partial charge in [-0.3, -0.25) is 14.4 Å². The first-order valence-corrected chi connectivity index (χ1v) is 9.87. The van der Waals surface area contributed by atoms with E-state index >= 15 is 0 Å². The van der Waals surface area contributed by atoms with Crippen LogP contribution in [0.3, 0.4) is 0 Å². The summed E-state index contributed by atoms with van der Waals surface area (Å²) in [5.41, 5.74) is -0.563. The summed E-state index contributed by atoms with van der Waals surface area (Å²) in [4.78, 5) is 22.4. The Balaban J connectivity index is 2.78. The van der Waals surface area contributed by atoms with Crippen LogP contribution < -0.4 is 13.8 Å². The second-order valence-corrected chi connectivity index (χ2v) is 7.66. The lowest BCUT2D eigenvalue weighted by molar-refractivity contribution is -0.385. The molecular formula is C19H20N2O8S. The highest BCUT2D eigenvalue weighted by molar-refractivity contribution is 7.92. The summed E-state index contributed by atoms with van der Waals surface area (Å²) in [5.74, 6) is -0.453. The molecule has 11 heteroatoms. The molecule has 0 bridgehead atoms. The van der Waals surface area contributed by atoms with Crippen molar-refractivity contribution in [3.63, 3.8) is 0 Å². The fraction of sp³-hybridized carbons (Fsp3) is 0.211. The van der Waals surface area contributed by atoms with Crippen LogP contribution in [-0.2, 0) is 14.8 Å². The molecule has 2 aromatic carbocycles. The molecule has 10 nitrogen and oxygen atoms in total. The first-order valence-electron chi connectivity index (χ1n) is 8.43. The van der Waals surface area contributed by atoms with E-state index in [1.807, 2.05) is 0 Å². The van der Waals surface area contributed by atoms with E-state index < -0.39 is 26.6 Å². The minimum absolute atomic E-state index is 0.0640. The molecular weight excluding hydrogens is 416 g/mol. The van der Waals surface area contributed by atoms with Gasteiger partial charge in [-0.1, -0.05) is 12.1 Å². The zero-order valence-corrected chi connectivity index (χ0v) is 17.3. The molecule has 0 spiro atoms. The second-order valence-electron chi connectivity index (χ2n) is 5.80. The Kier molecular flexibility index (Phi) is 7.01. The molecule has 2 rings (SSSR count). The number of nitrogens with zero attached hydrogens (tertiary/aromatic N) is 2. The average molecular weight is 436 g/mol. The van der Waals surface area contributed by atoms with E-state index in [-0.39, 0.29) is 34.2 Å². The molecule has 0 fully saturated rings.